The highest BCUT2D eigenvalue weighted by atomic mass is 16.5. The summed E-state index contributed by atoms with van der Waals surface area (Å²) in [4.78, 5) is 3.32. The van der Waals surface area contributed by atoms with Crippen LogP contribution in [0.15, 0.2) is 24.3 Å². The van der Waals surface area contributed by atoms with Gasteiger partial charge in [0.05, 0.1) is 6.10 Å². The van der Waals surface area contributed by atoms with Crippen LogP contribution < -0.4 is 4.74 Å². The molecule has 0 fully saturated rings. The first-order valence-electron chi connectivity index (χ1n) is 5.83. The minimum absolute atomic E-state index is 0.237. The van der Waals surface area contributed by atoms with E-state index in [0.717, 1.165) is 11.3 Å². The van der Waals surface area contributed by atoms with Gasteiger partial charge in [-0.1, -0.05) is 19.9 Å². The largest absolute Gasteiger partial charge is 0.490 e. The van der Waals surface area contributed by atoms with Crippen molar-refractivity contribution < 1.29 is 4.74 Å². The predicted molar refractivity (Wildman–Crippen MR) is 68.0 cm³/mol. The van der Waals surface area contributed by atoms with Crippen molar-refractivity contribution in [3.05, 3.63) is 30.0 Å². The lowest BCUT2D eigenvalue weighted by atomic mass is 10.1. The van der Waals surface area contributed by atoms with Crippen LogP contribution in [0.1, 0.15) is 26.5 Å². The van der Waals surface area contributed by atoms with Crippen molar-refractivity contribution in [2.24, 2.45) is 5.92 Å². The predicted octanol–water partition coefficient (Wildman–Crippen LogP) is 3.90. The number of rotatable bonds is 3. The Kier molecular flexibility index (Phi) is 2.90. The van der Waals surface area contributed by atoms with Crippen molar-refractivity contribution in [2.45, 2.75) is 33.8 Å². The van der Waals surface area contributed by atoms with Gasteiger partial charge in [-0.05, 0) is 38.0 Å². The summed E-state index contributed by atoms with van der Waals surface area (Å²) < 4.78 is 5.98. The summed E-state index contributed by atoms with van der Waals surface area (Å²) in [7, 11) is 0. The van der Waals surface area contributed by atoms with Crippen LogP contribution >= 0.6 is 0 Å². The molecule has 0 radical (unpaired) electrons. The highest BCUT2D eigenvalue weighted by Gasteiger charge is 2.11. The summed E-state index contributed by atoms with van der Waals surface area (Å²) in [5.74, 6) is 1.50. The summed E-state index contributed by atoms with van der Waals surface area (Å²) in [6.07, 6.45) is 0.237. The van der Waals surface area contributed by atoms with Gasteiger partial charge in [0.15, 0.2) is 0 Å². The van der Waals surface area contributed by atoms with Crippen molar-refractivity contribution in [1.82, 2.24) is 4.98 Å². The molecular weight excluding hydrogens is 198 g/mol. The number of aromatic amines is 1. The maximum Gasteiger partial charge on any atom is 0.129 e. The Labute approximate surface area is 96.6 Å². The molecule has 0 spiro atoms. The zero-order valence-electron chi connectivity index (χ0n) is 10.4. The molecule has 1 atom stereocenters. The van der Waals surface area contributed by atoms with E-state index in [1.807, 2.05) is 12.1 Å². The fourth-order valence-corrected chi connectivity index (χ4v) is 1.71. The first-order valence-corrected chi connectivity index (χ1v) is 5.83. The first-order chi connectivity index (χ1) is 7.58. The highest BCUT2D eigenvalue weighted by Crippen LogP contribution is 2.27. The minimum atomic E-state index is 0.237. The molecule has 2 nitrogen and oxygen atoms in total. The van der Waals surface area contributed by atoms with Crippen LogP contribution in [0.2, 0.25) is 0 Å². The van der Waals surface area contributed by atoms with Gasteiger partial charge in [-0.2, -0.15) is 0 Å². The van der Waals surface area contributed by atoms with E-state index in [2.05, 4.69) is 44.8 Å². The van der Waals surface area contributed by atoms with Crippen LogP contribution in [0.3, 0.4) is 0 Å². The SMILES string of the molecule is Cc1cc2c(OC(C)C(C)C)cccc2[nH]1. The van der Waals surface area contributed by atoms with Crippen molar-refractivity contribution in [2.75, 3.05) is 0 Å². The quantitative estimate of drug-likeness (QED) is 0.828. The molecule has 0 aliphatic carbocycles. The lowest BCUT2D eigenvalue weighted by molar-refractivity contribution is 0.173. The standard InChI is InChI=1S/C14H19NO/c1-9(2)11(4)16-14-7-5-6-13-12(14)8-10(3)15-13/h5-9,11,15H,1-4H3. The summed E-state index contributed by atoms with van der Waals surface area (Å²) in [6, 6.07) is 8.28. The Bertz CT molecular complexity index is 484. The molecule has 0 saturated carbocycles. The second kappa shape index (κ2) is 4.20. The summed E-state index contributed by atoms with van der Waals surface area (Å²) in [5.41, 5.74) is 2.31. The number of hydrogen-bond donors (Lipinski definition) is 1. The van der Waals surface area contributed by atoms with Crippen molar-refractivity contribution in [3.8, 4) is 5.75 Å². The zero-order valence-corrected chi connectivity index (χ0v) is 10.4. The number of H-pyrrole nitrogens is 1. The summed E-state index contributed by atoms with van der Waals surface area (Å²) in [5, 5.41) is 1.17. The van der Waals surface area contributed by atoms with Crippen molar-refractivity contribution in [3.63, 3.8) is 0 Å². The van der Waals surface area contributed by atoms with E-state index in [1.54, 1.807) is 0 Å². The van der Waals surface area contributed by atoms with Gasteiger partial charge in [0.25, 0.3) is 0 Å². The molecule has 16 heavy (non-hydrogen) atoms. The molecule has 1 heterocycles. The molecule has 2 aromatic rings. The Morgan fingerprint density at radius 3 is 2.62 bits per heavy atom. The third kappa shape index (κ3) is 2.06. The summed E-state index contributed by atoms with van der Waals surface area (Å²) >= 11 is 0. The van der Waals surface area contributed by atoms with Gasteiger partial charge in [-0.3, -0.25) is 0 Å². The molecule has 0 amide bonds. The summed E-state index contributed by atoms with van der Waals surface area (Å²) in [6.45, 7) is 8.53. The van der Waals surface area contributed by atoms with Gasteiger partial charge in [0, 0.05) is 16.6 Å². The average molecular weight is 217 g/mol. The van der Waals surface area contributed by atoms with Crippen LogP contribution in [-0.2, 0) is 0 Å². The van der Waals surface area contributed by atoms with E-state index in [4.69, 9.17) is 4.74 Å². The smallest absolute Gasteiger partial charge is 0.129 e. The van der Waals surface area contributed by atoms with E-state index in [1.165, 1.54) is 11.1 Å². The molecule has 1 N–H and O–H groups in total. The van der Waals surface area contributed by atoms with E-state index in [-0.39, 0.29) is 6.10 Å². The van der Waals surface area contributed by atoms with Crippen LogP contribution in [0.4, 0.5) is 0 Å². The van der Waals surface area contributed by atoms with Gasteiger partial charge < -0.3 is 9.72 Å². The number of ether oxygens (including phenoxy) is 1. The molecule has 1 aromatic heterocycles. The molecule has 2 heteroatoms. The molecule has 0 aliphatic heterocycles. The van der Waals surface area contributed by atoms with Crippen LogP contribution in [0.5, 0.6) is 5.75 Å². The lowest BCUT2D eigenvalue weighted by Crippen LogP contribution is -2.18. The van der Waals surface area contributed by atoms with Crippen LogP contribution in [-0.4, -0.2) is 11.1 Å². The number of nitrogens with one attached hydrogen (secondary N) is 1. The number of aryl methyl sites for hydroxylation is 1. The number of hydrogen-bond acceptors (Lipinski definition) is 1. The van der Waals surface area contributed by atoms with E-state index in [0.29, 0.717) is 5.92 Å². The molecular formula is C14H19NO. The normalized spacial score (nSPS) is 13.3. The molecule has 86 valence electrons. The molecule has 0 aliphatic rings. The monoisotopic (exact) mass is 217 g/mol. The van der Waals surface area contributed by atoms with E-state index in [9.17, 15) is 0 Å². The minimum Gasteiger partial charge on any atom is -0.490 e. The van der Waals surface area contributed by atoms with Gasteiger partial charge in [0.1, 0.15) is 5.75 Å². The molecule has 1 unspecified atom stereocenters. The topological polar surface area (TPSA) is 25.0 Å². The van der Waals surface area contributed by atoms with Crippen LogP contribution in [0, 0.1) is 12.8 Å². The number of benzene rings is 1. The fraction of sp³-hybridized carbons (Fsp3) is 0.429. The number of fused-ring (bicyclic) bond motifs is 1. The third-order valence-electron chi connectivity index (χ3n) is 3.01. The molecule has 0 saturated heterocycles. The van der Waals surface area contributed by atoms with Crippen molar-refractivity contribution >= 4 is 10.9 Å². The Morgan fingerprint density at radius 1 is 1.19 bits per heavy atom. The van der Waals surface area contributed by atoms with E-state index >= 15 is 0 Å². The molecule has 1 aromatic carbocycles. The fourth-order valence-electron chi connectivity index (χ4n) is 1.71. The average Bonchev–Trinajstić information content (AvgIpc) is 2.59. The van der Waals surface area contributed by atoms with Crippen LogP contribution in [0.25, 0.3) is 10.9 Å². The second-order valence-corrected chi connectivity index (χ2v) is 4.74. The molecule has 0 bridgehead atoms. The zero-order chi connectivity index (χ0) is 11.7. The first kappa shape index (κ1) is 11.1. The lowest BCUT2D eigenvalue weighted by Gasteiger charge is -2.18. The van der Waals surface area contributed by atoms with Gasteiger partial charge in [-0.25, -0.2) is 0 Å². The Hall–Kier alpha value is -1.44. The number of aromatic nitrogens is 1. The van der Waals surface area contributed by atoms with Gasteiger partial charge >= 0.3 is 0 Å². The maximum absolute atomic E-state index is 5.98. The van der Waals surface area contributed by atoms with Gasteiger partial charge in [-0.15, -0.1) is 0 Å². The maximum atomic E-state index is 5.98. The van der Waals surface area contributed by atoms with E-state index < -0.39 is 0 Å². The third-order valence-corrected chi connectivity index (χ3v) is 3.01. The Morgan fingerprint density at radius 2 is 1.94 bits per heavy atom. The van der Waals surface area contributed by atoms with Crippen molar-refractivity contribution in [1.29, 1.82) is 0 Å². The molecule has 2 rings (SSSR count). The Balaban J connectivity index is 2.36. The highest BCUT2D eigenvalue weighted by molar-refractivity contribution is 5.86. The van der Waals surface area contributed by atoms with Gasteiger partial charge in [0.2, 0.25) is 0 Å². The second-order valence-electron chi connectivity index (χ2n) is 4.74.